The highest BCUT2D eigenvalue weighted by Gasteiger charge is 2.14. The molecule has 2 aromatic carbocycles. The zero-order valence-electron chi connectivity index (χ0n) is 11.1. The monoisotopic (exact) mass is 282 g/mol. The average Bonchev–Trinajstić information content (AvgIpc) is 2.47. The number of carbonyl (C=O) groups is 1. The molecule has 104 valence electrons. The number of nitro groups is 1. The number of nitrogens with zero attached hydrogens (tertiary/aromatic N) is 2. The lowest BCUT2D eigenvalue weighted by Crippen LogP contribution is -2.08. The minimum atomic E-state index is -0.625. The molecule has 0 saturated carbocycles. The number of aryl methyl sites for hydroxylation is 1. The van der Waals surface area contributed by atoms with Gasteiger partial charge in [0.15, 0.2) is 0 Å². The molecule has 0 aliphatic rings. The van der Waals surface area contributed by atoms with Crippen LogP contribution in [0, 0.1) is 28.4 Å². The molecule has 0 unspecified atom stereocenters. The number of hydrogen-bond donors (Lipinski definition) is 0. The van der Waals surface area contributed by atoms with Gasteiger partial charge in [0, 0.05) is 11.6 Å². The predicted molar refractivity (Wildman–Crippen MR) is 73.9 cm³/mol. The van der Waals surface area contributed by atoms with Gasteiger partial charge in [-0.25, -0.2) is 4.79 Å². The lowest BCUT2D eigenvalue weighted by atomic mass is 10.1. The Labute approximate surface area is 120 Å². The van der Waals surface area contributed by atoms with Gasteiger partial charge in [0.05, 0.1) is 22.1 Å². The van der Waals surface area contributed by atoms with Crippen molar-refractivity contribution in [3.8, 4) is 11.8 Å². The zero-order valence-corrected chi connectivity index (χ0v) is 11.1. The smallest absolute Gasteiger partial charge is 0.343 e. The van der Waals surface area contributed by atoms with E-state index in [4.69, 9.17) is 10.00 Å². The molecule has 2 aromatic rings. The first-order chi connectivity index (χ1) is 10.0. The fourth-order valence-corrected chi connectivity index (χ4v) is 1.78. The maximum atomic E-state index is 11.9. The number of ether oxygens (including phenoxy) is 1. The van der Waals surface area contributed by atoms with Crippen molar-refractivity contribution in [3.63, 3.8) is 0 Å². The van der Waals surface area contributed by atoms with E-state index in [1.54, 1.807) is 19.1 Å². The Kier molecular flexibility index (Phi) is 3.95. The predicted octanol–water partition coefficient (Wildman–Crippen LogP) is 2.99. The molecule has 0 N–H and O–H groups in total. The van der Waals surface area contributed by atoms with Crippen molar-refractivity contribution in [1.29, 1.82) is 5.26 Å². The molecule has 6 heteroatoms. The van der Waals surface area contributed by atoms with Crippen LogP contribution in [0.15, 0.2) is 42.5 Å². The quantitative estimate of drug-likeness (QED) is 0.373. The summed E-state index contributed by atoms with van der Waals surface area (Å²) in [5, 5.41) is 19.5. The highest BCUT2D eigenvalue weighted by atomic mass is 16.6. The standard InChI is InChI=1S/C15H10N2O4/c1-10-7-13(5-6-14(10)17(19)20)21-15(18)12-4-2-3-11(8-12)9-16/h2-8H,1H3. The summed E-state index contributed by atoms with van der Waals surface area (Å²) in [5.41, 5.74) is 0.951. The third-order valence-electron chi connectivity index (χ3n) is 2.80. The average molecular weight is 282 g/mol. The van der Waals surface area contributed by atoms with Gasteiger partial charge in [-0.15, -0.1) is 0 Å². The third-order valence-corrected chi connectivity index (χ3v) is 2.80. The zero-order chi connectivity index (χ0) is 15.4. The SMILES string of the molecule is Cc1cc(OC(=O)c2cccc(C#N)c2)ccc1[N+](=O)[O-]. The van der Waals surface area contributed by atoms with E-state index < -0.39 is 10.9 Å². The van der Waals surface area contributed by atoms with Gasteiger partial charge in [-0.3, -0.25) is 10.1 Å². The Balaban J connectivity index is 2.22. The van der Waals surface area contributed by atoms with Gasteiger partial charge in [0.25, 0.3) is 5.69 Å². The number of nitro benzene ring substituents is 1. The van der Waals surface area contributed by atoms with Crippen molar-refractivity contribution in [3.05, 3.63) is 69.3 Å². The van der Waals surface area contributed by atoms with Crippen LogP contribution < -0.4 is 4.74 Å². The van der Waals surface area contributed by atoms with E-state index in [-0.39, 0.29) is 17.0 Å². The van der Waals surface area contributed by atoms with Gasteiger partial charge in [0.1, 0.15) is 5.75 Å². The molecule has 21 heavy (non-hydrogen) atoms. The van der Waals surface area contributed by atoms with E-state index in [1.807, 2.05) is 6.07 Å². The summed E-state index contributed by atoms with van der Waals surface area (Å²) in [7, 11) is 0. The number of esters is 1. The highest BCUT2D eigenvalue weighted by Crippen LogP contribution is 2.23. The normalized spacial score (nSPS) is 9.71. The lowest BCUT2D eigenvalue weighted by molar-refractivity contribution is -0.385. The Morgan fingerprint density at radius 2 is 2.05 bits per heavy atom. The lowest BCUT2D eigenvalue weighted by Gasteiger charge is -2.05. The molecule has 6 nitrogen and oxygen atoms in total. The van der Waals surface area contributed by atoms with E-state index in [9.17, 15) is 14.9 Å². The van der Waals surface area contributed by atoms with Gasteiger partial charge in [0.2, 0.25) is 0 Å². The van der Waals surface area contributed by atoms with Crippen LogP contribution in [-0.4, -0.2) is 10.9 Å². The first kappa shape index (κ1) is 14.2. The van der Waals surface area contributed by atoms with Gasteiger partial charge in [-0.05, 0) is 37.3 Å². The summed E-state index contributed by atoms with van der Waals surface area (Å²) in [6, 6.07) is 12.1. The fourth-order valence-electron chi connectivity index (χ4n) is 1.78. The van der Waals surface area contributed by atoms with E-state index in [0.29, 0.717) is 11.1 Å². The number of nitriles is 1. The van der Waals surface area contributed by atoms with Crippen molar-refractivity contribution >= 4 is 11.7 Å². The summed E-state index contributed by atoms with van der Waals surface area (Å²) < 4.78 is 5.14. The molecule has 0 atom stereocenters. The largest absolute Gasteiger partial charge is 0.423 e. The van der Waals surface area contributed by atoms with E-state index in [1.165, 1.54) is 30.3 Å². The topological polar surface area (TPSA) is 93.2 Å². The molecule has 0 radical (unpaired) electrons. The Hall–Kier alpha value is -3.20. The second kappa shape index (κ2) is 5.84. The molecular weight excluding hydrogens is 272 g/mol. The van der Waals surface area contributed by atoms with Crippen LogP contribution in [0.3, 0.4) is 0 Å². The molecule has 0 fully saturated rings. The number of benzene rings is 2. The van der Waals surface area contributed by atoms with E-state index in [0.717, 1.165) is 0 Å². The van der Waals surface area contributed by atoms with Gasteiger partial charge < -0.3 is 4.74 Å². The molecule has 0 heterocycles. The molecule has 0 bridgehead atoms. The van der Waals surface area contributed by atoms with Crippen LogP contribution in [0.5, 0.6) is 5.75 Å². The van der Waals surface area contributed by atoms with Gasteiger partial charge in [-0.2, -0.15) is 5.26 Å². The summed E-state index contributed by atoms with van der Waals surface area (Å²) in [6.07, 6.45) is 0. The molecule has 0 saturated heterocycles. The van der Waals surface area contributed by atoms with Crippen LogP contribution in [0.25, 0.3) is 0 Å². The Morgan fingerprint density at radius 3 is 2.67 bits per heavy atom. The summed E-state index contributed by atoms with van der Waals surface area (Å²) >= 11 is 0. The number of carbonyl (C=O) groups excluding carboxylic acids is 1. The van der Waals surface area contributed by atoms with Gasteiger partial charge in [-0.1, -0.05) is 6.07 Å². The third kappa shape index (κ3) is 3.22. The molecule has 0 aromatic heterocycles. The van der Waals surface area contributed by atoms with Gasteiger partial charge >= 0.3 is 5.97 Å². The minimum absolute atomic E-state index is 0.0405. The molecule has 0 spiro atoms. The van der Waals surface area contributed by atoms with Crippen molar-refractivity contribution in [2.24, 2.45) is 0 Å². The fraction of sp³-hybridized carbons (Fsp3) is 0.0667. The summed E-state index contributed by atoms with van der Waals surface area (Å²) in [6.45, 7) is 1.56. The molecular formula is C15H10N2O4. The van der Waals surface area contributed by atoms with Crippen LogP contribution in [0.1, 0.15) is 21.5 Å². The van der Waals surface area contributed by atoms with Crippen molar-refractivity contribution in [2.45, 2.75) is 6.92 Å². The van der Waals surface area contributed by atoms with Crippen LogP contribution in [0.4, 0.5) is 5.69 Å². The Bertz CT molecular complexity index is 763. The molecule has 2 rings (SSSR count). The van der Waals surface area contributed by atoms with Crippen LogP contribution in [-0.2, 0) is 0 Å². The first-order valence-corrected chi connectivity index (χ1v) is 5.98. The first-order valence-electron chi connectivity index (χ1n) is 5.98. The van der Waals surface area contributed by atoms with Crippen LogP contribution >= 0.6 is 0 Å². The minimum Gasteiger partial charge on any atom is -0.423 e. The van der Waals surface area contributed by atoms with Crippen molar-refractivity contribution < 1.29 is 14.5 Å². The summed E-state index contributed by atoms with van der Waals surface area (Å²) in [4.78, 5) is 22.2. The number of hydrogen-bond acceptors (Lipinski definition) is 5. The summed E-state index contributed by atoms with van der Waals surface area (Å²) in [5.74, 6) is -0.411. The van der Waals surface area contributed by atoms with Crippen molar-refractivity contribution in [2.75, 3.05) is 0 Å². The van der Waals surface area contributed by atoms with E-state index >= 15 is 0 Å². The second-order valence-corrected chi connectivity index (χ2v) is 4.29. The highest BCUT2D eigenvalue weighted by molar-refractivity contribution is 5.91. The molecule has 0 amide bonds. The second-order valence-electron chi connectivity index (χ2n) is 4.29. The Morgan fingerprint density at radius 1 is 1.29 bits per heavy atom. The number of rotatable bonds is 3. The maximum absolute atomic E-state index is 11.9. The van der Waals surface area contributed by atoms with Crippen molar-refractivity contribution in [1.82, 2.24) is 0 Å². The van der Waals surface area contributed by atoms with Crippen LogP contribution in [0.2, 0.25) is 0 Å². The maximum Gasteiger partial charge on any atom is 0.343 e. The van der Waals surface area contributed by atoms with E-state index in [2.05, 4.69) is 0 Å². The molecule has 0 aliphatic carbocycles. The molecule has 0 aliphatic heterocycles.